The fourth-order valence-corrected chi connectivity index (χ4v) is 2.39. The van der Waals surface area contributed by atoms with Gasteiger partial charge in [-0.05, 0) is 30.4 Å². The number of nitrogens with zero attached hydrogens (tertiary/aromatic N) is 1. The van der Waals surface area contributed by atoms with Gasteiger partial charge in [-0.3, -0.25) is 0 Å². The van der Waals surface area contributed by atoms with Gasteiger partial charge in [0, 0.05) is 25.8 Å². The molecule has 88 valence electrons. The van der Waals surface area contributed by atoms with Crippen molar-refractivity contribution in [2.75, 3.05) is 18.5 Å². The van der Waals surface area contributed by atoms with Crippen molar-refractivity contribution in [1.29, 1.82) is 0 Å². The van der Waals surface area contributed by atoms with Crippen LogP contribution in [0.5, 0.6) is 0 Å². The third kappa shape index (κ3) is 2.36. The van der Waals surface area contributed by atoms with Gasteiger partial charge in [-0.1, -0.05) is 18.2 Å². The van der Waals surface area contributed by atoms with Crippen molar-refractivity contribution in [2.45, 2.75) is 25.5 Å². The van der Waals surface area contributed by atoms with E-state index in [0.717, 1.165) is 19.4 Å². The molecule has 1 aliphatic rings. The van der Waals surface area contributed by atoms with Crippen molar-refractivity contribution in [3.05, 3.63) is 29.8 Å². The van der Waals surface area contributed by atoms with E-state index in [1.807, 2.05) is 12.1 Å². The van der Waals surface area contributed by atoms with E-state index in [1.54, 1.807) is 0 Å². The second-order valence-electron chi connectivity index (χ2n) is 4.70. The molecule has 0 saturated heterocycles. The van der Waals surface area contributed by atoms with Crippen LogP contribution in [-0.2, 0) is 6.54 Å². The SMILES string of the molecule is CN(CC1CC(O)C1)c1ccccc1CN. The monoisotopic (exact) mass is 220 g/mol. The topological polar surface area (TPSA) is 49.5 Å². The van der Waals surface area contributed by atoms with Gasteiger partial charge in [0.05, 0.1) is 6.10 Å². The first-order valence-electron chi connectivity index (χ1n) is 5.88. The Kier molecular flexibility index (Phi) is 3.46. The van der Waals surface area contributed by atoms with Gasteiger partial charge >= 0.3 is 0 Å². The molecule has 1 aromatic rings. The van der Waals surface area contributed by atoms with Crippen LogP contribution in [0.3, 0.4) is 0 Å². The van der Waals surface area contributed by atoms with Crippen molar-refractivity contribution in [2.24, 2.45) is 11.7 Å². The van der Waals surface area contributed by atoms with Gasteiger partial charge in [0.2, 0.25) is 0 Å². The van der Waals surface area contributed by atoms with Gasteiger partial charge in [0.15, 0.2) is 0 Å². The summed E-state index contributed by atoms with van der Waals surface area (Å²) in [5, 5.41) is 9.26. The van der Waals surface area contributed by atoms with Crippen molar-refractivity contribution in [1.82, 2.24) is 0 Å². The Hall–Kier alpha value is -1.06. The number of aliphatic hydroxyl groups is 1. The minimum absolute atomic E-state index is 0.0665. The molecule has 1 fully saturated rings. The summed E-state index contributed by atoms with van der Waals surface area (Å²) in [7, 11) is 2.10. The first kappa shape index (κ1) is 11.4. The van der Waals surface area contributed by atoms with Gasteiger partial charge in [-0.25, -0.2) is 0 Å². The zero-order chi connectivity index (χ0) is 11.5. The summed E-state index contributed by atoms with van der Waals surface area (Å²) >= 11 is 0. The summed E-state index contributed by atoms with van der Waals surface area (Å²) in [6, 6.07) is 8.24. The summed E-state index contributed by atoms with van der Waals surface area (Å²) in [6.07, 6.45) is 1.81. The molecule has 16 heavy (non-hydrogen) atoms. The number of aliphatic hydroxyl groups excluding tert-OH is 1. The third-order valence-electron chi connectivity index (χ3n) is 3.37. The van der Waals surface area contributed by atoms with Gasteiger partial charge in [0.1, 0.15) is 0 Å². The first-order valence-corrected chi connectivity index (χ1v) is 5.88. The summed E-state index contributed by atoms with van der Waals surface area (Å²) < 4.78 is 0. The molecular formula is C13H20N2O. The second kappa shape index (κ2) is 4.85. The lowest BCUT2D eigenvalue weighted by Crippen LogP contribution is -2.37. The average Bonchev–Trinajstić information content (AvgIpc) is 2.27. The zero-order valence-electron chi connectivity index (χ0n) is 9.76. The summed E-state index contributed by atoms with van der Waals surface area (Å²) in [5.74, 6) is 0.630. The van der Waals surface area contributed by atoms with E-state index < -0.39 is 0 Å². The number of hydrogen-bond donors (Lipinski definition) is 2. The van der Waals surface area contributed by atoms with E-state index in [-0.39, 0.29) is 6.10 Å². The Morgan fingerprint density at radius 3 is 2.69 bits per heavy atom. The lowest BCUT2D eigenvalue weighted by Gasteiger charge is -2.35. The molecule has 3 nitrogen and oxygen atoms in total. The van der Waals surface area contributed by atoms with Crippen LogP contribution in [0.1, 0.15) is 18.4 Å². The average molecular weight is 220 g/mol. The maximum atomic E-state index is 9.26. The Labute approximate surface area is 96.9 Å². The van der Waals surface area contributed by atoms with E-state index >= 15 is 0 Å². The molecule has 0 spiro atoms. The molecule has 0 radical (unpaired) electrons. The fraction of sp³-hybridized carbons (Fsp3) is 0.538. The van der Waals surface area contributed by atoms with E-state index in [4.69, 9.17) is 5.73 Å². The highest BCUT2D eigenvalue weighted by molar-refractivity contribution is 5.53. The van der Waals surface area contributed by atoms with Gasteiger partial charge in [-0.2, -0.15) is 0 Å². The smallest absolute Gasteiger partial charge is 0.0546 e. The van der Waals surface area contributed by atoms with E-state index in [9.17, 15) is 5.11 Å². The van der Waals surface area contributed by atoms with Crippen molar-refractivity contribution >= 4 is 5.69 Å². The number of para-hydroxylation sites is 1. The predicted molar refractivity (Wildman–Crippen MR) is 66.3 cm³/mol. The standard InChI is InChI=1S/C13H20N2O/c1-15(9-10-6-12(16)7-10)13-5-3-2-4-11(13)8-14/h2-5,10,12,16H,6-9,14H2,1H3. The van der Waals surface area contributed by atoms with Crippen LogP contribution in [0.2, 0.25) is 0 Å². The quantitative estimate of drug-likeness (QED) is 0.805. The molecule has 3 heteroatoms. The summed E-state index contributed by atoms with van der Waals surface area (Å²) in [6.45, 7) is 1.59. The highest BCUT2D eigenvalue weighted by Gasteiger charge is 2.28. The molecule has 0 heterocycles. The third-order valence-corrected chi connectivity index (χ3v) is 3.37. The zero-order valence-corrected chi connectivity index (χ0v) is 9.76. The lowest BCUT2D eigenvalue weighted by molar-refractivity contribution is 0.0464. The van der Waals surface area contributed by atoms with Crippen molar-refractivity contribution in [3.8, 4) is 0 Å². The molecule has 0 amide bonds. The molecule has 1 saturated carbocycles. The van der Waals surface area contributed by atoms with Crippen LogP contribution in [0.15, 0.2) is 24.3 Å². The predicted octanol–water partition coefficient (Wildman–Crippen LogP) is 1.35. The minimum Gasteiger partial charge on any atom is -0.393 e. The number of benzene rings is 1. The van der Waals surface area contributed by atoms with Gasteiger partial charge < -0.3 is 15.7 Å². The number of rotatable bonds is 4. The molecule has 0 atom stereocenters. The van der Waals surface area contributed by atoms with E-state index in [1.165, 1.54) is 11.3 Å². The molecule has 2 rings (SSSR count). The Morgan fingerprint density at radius 1 is 1.38 bits per heavy atom. The van der Waals surface area contributed by atoms with Gasteiger partial charge in [-0.15, -0.1) is 0 Å². The Morgan fingerprint density at radius 2 is 2.06 bits per heavy atom. The summed E-state index contributed by atoms with van der Waals surface area (Å²) in [5.41, 5.74) is 8.12. The molecular weight excluding hydrogens is 200 g/mol. The van der Waals surface area contributed by atoms with Gasteiger partial charge in [0.25, 0.3) is 0 Å². The molecule has 1 aromatic carbocycles. The molecule has 3 N–H and O–H groups in total. The van der Waals surface area contributed by atoms with Crippen molar-refractivity contribution in [3.63, 3.8) is 0 Å². The molecule has 0 aromatic heterocycles. The highest BCUT2D eigenvalue weighted by atomic mass is 16.3. The normalized spacial score (nSPS) is 23.9. The van der Waals surface area contributed by atoms with Crippen LogP contribution in [0, 0.1) is 5.92 Å². The number of nitrogens with two attached hydrogens (primary N) is 1. The van der Waals surface area contributed by atoms with Crippen LogP contribution in [0.4, 0.5) is 5.69 Å². The first-order chi connectivity index (χ1) is 7.70. The van der Waals surface area contributed by atoms with Crippen molar-refractivity contribution < 1.29 is 5.11 Å². The highest BCUT2D eigenvalue weighted by Crippen LogP contribution is 2.29. The summed E-state index contributed by atoms with van der Waals surface area (Å²) in [4.78, 5) is 2.25. The fourth-order valence-electron chi connectivity index (χ4n) is 2.39. The van der Waals surface area contributed by atoms with Crippen LogP contribution in [-0.4, -0.2) is 24.8 Å². The van der Waals surface area contributed by atoms with Crippen LogP contribution in [0.25, 0.3) is 0 Å². The minimum atomic E-state index is -0.0665. The number of hydrogen-bond acceptors (Lipinski definition) is 3. The largest absolute Gasteiger partial charge is 0.393 e. The lowest BCUT2D eigenvalue weighted by atomic mass is 9.82. The Bertz CT molecular complexity index is 348. The maximum Gasteiger partial charge on any atom is 0.0546 e. The van der Waals surface area contributed by atoms with E-state index in [2.05, 4.69) is 24.1 Å². The van der Waals surface area contributed by atoms with Crippen LogP contribution >= 0.6 is 0 Å². The molecule has 1 aliphatic carbocycles. The second-order valence-corrected chi connectivity index (χ2v) is 4.70. The Balaban J connectivity index is 1.99. The maximum absolute atomic E-state index is 9.26. The van der Waals surface area contributed by atoms with E-state index in [0.29, 0.717) is 12.5 Å². The number of anilines is 1. The van der Waals surface area contributed by atoms with Crippen LogP contribution < -0.4 is 10.6 Å². The molecule has 0 bridgehead atoms. The molecule has 0 aliphatic heterocycles. The molecule has 0 unspecified atom stereocenters.